The Morgan fingerprint density at radius 1 is 1.36 bits per heavy atom. The summed E-state index contributed by atoms with van der Waals surface area (Å²) in [4.78, 5) is 15.2. The van der Waals surface area contributed by atoms with Crippen molar-refractivity contribution in [3.8, 4) is 5.75 Å². The van der Waals surface area contributed by atoms with Crippen LogP contribution in [0.5, 0.6) is 5.75 Å². The van der Waals surface area contributed by atoms with E-state index in [1.165, 1.54) is 0 Å². The Bertz CT molecular complexity index is 1000. The van der Waals surface area contributed by atoms with Crippen molar-refractivity contribution in [2.45, 2.75) is 76.2 Å². The van der Waals surface area contributed by atoms with Crippen LogP contribution in [0.15, 0.2) is 24.8 Å². The molecule has 1 amide bonds. The number of rotatable bonds is 8. The number of hydrogen-bond donors (Lipinski definition) is 1. The van der Waals surface area contributed by atoms with E-state index in [4.69, 9.17) is 37.4 Å². The Hall–Kier alpha value is -1.00. The van der Waals surface area contributed by atoms with Gasteiger partial charge in [-0.2, -0.15) is 0 Å². The first-order chi connectivity index (χ1) is 16.8. The summed E-state index contributed by atoms with van der Waals surface area (Å²) >= 11 is 11.4. The van der Waals surface area contributed by atoms with Crippen LogP contribution in [0.1, 0.15) is 59.1 Å². The summed E-state index contributed by atoms with van der Waals surface area (Å²) in [6, 6.07) is 3.31. The number of ether oxygens (including phenoxy) is 3. The lowest BCUT2D eigenvalue weighted by molar-refractivity contribution is -0.161. The summed E-state index contributed by atoms with van der Waals surface area (Å²) in [5.74, 6) is 0.181. The van der Waals surface area contributed by atoms with Crippen LogP contribution in [0, 0.1) is 11.8 Å². The highest BCUT2D eigenvalue weighted by Gasteiger charge is 2.53. The van der Waals surface area contributed by atoms with E-state index in [0.29, 0.717) is 28.9 Å². The summed E-state index contributed by atoms with van der Waals surface area (Å²) in [6.07, 6.45) is 2.75. The molecule has 5 unspecified atom stereocenters. The second-order valence-electron chi connectivity index (χ2n) is 11.2. The lowest BCUT2D eigenvalue weighted by atomic mass is 9.83. The predicted molar refractivity (Wildman–Crippen MR) is 143 cm³/mol. The highest BCUT2D eigenvalue weighted by molar-refractivity contribution is 7.90. The summed E-state index contributed by atoms with van der Waals surface area (Å²) in [5, 5.41) is 0.800. The van der Waals surface area contributed by atoms with Gasteiger partial charge in [-0.3, -0.25) is 4.79 Å². The van der Waals surface area contributed by atoms with Crippen molar-refractivity contribution in [3.05, 3.63) is 40.4 Å². The smallest absolute Gasteiger partial charge is 0.254 e. The number of nitrogens with one attached hydrogen (secondary N) is 1. The molecule has 10 heteroatoms. The van der Waals surface area contributed by atoms with Crippen LogP contribution in [-0.2, 0) is 25.6 Å². The third kappa shape index (κ3) is 5.85. The van der Waals surface area contributed by atoms with E-state index < -0.39 is 28.0 Å². The molecule has 0 spiro atoms. The number of carbonyl (C=O) groups excluding carboxylic acids is 1. The third-order valence-corrected chi connectivity index (χ3v) is 9.43. The van der Waals surface area contributed by atoms with Crippen LogP contribution < -0.4 is 9.46 Å². The summed E-state index contributed by atoms with van der Waals surface area (Å²) in [7, 11) is 0. The molecule has 1 aromatic rings. The van der Waals surface area contributed by atoms with Gasteiger partial charge in [0.25, 0.3) is 5.91 Å². The molecule has 2 aliphatic heterocycles. The molecule has 1 aliphatic carbocycles. The molecular weight excluding hydrogens is 523 g/mol. The zero-order valence-electron chi connectivity index (χ0n) is 21.5. The quantitative estimate of drug-likeness (QED) is 0.355. The molecule has 7 nitrogen and oxygen atoms in total. The predicted octanol–water partition coefficient (Wildman–Crippen LogP) is 5.04. The minimum absolute atomic E-state index is 0.0150. The van der Waals surface area contributed by atoms with Gasteiger partial charge in [-0.15, -0.1) is 4.72 Å². The summed E-state index contributed by atoms with van der Waals surface area (Å²) in [6.45, 7) is 14.4. The molecule has 4 rings (SSSR count). The van der Waals surface area contributed by atoms with Crippen LogP contribution in [0.2, 0.25) is 10.0 Å². The maximum absolute atomic E-state index is 13.3. The number of hydrogen-bond acceptors (Lipinski definition) is 6. The Morgan fingerprint density at radius 3 is 2.61 bits per heavy atom. The lowest BCUT2D eigenvalue weighted by Crippen LogP contribution is -2.49. The Morgan fingerprint density at radius 2 is 2.06 bits per heavy atom. The number of piperidine rings is 1. The number of amides is 1. The molecule has 2 bridgehead atoms. The summed E-state index contributed by atoms with van der Waals surface area (Å²) < 4.78 is 33.6. The molecular formula is C26H36Cl2N2O5S. The number of fused-ring (bicyclic) bond motifs is 2. The van der Waals surface area contributed by atoms with Crippen molar-refractivity contribution in [2.24, 2.45) is 11.8 Å². The molecule has 3 fully saturated rings. The van der Waals surface area contributed by atoms with Crippen molar-refractivity contribution >= 4 is 40.5 Å². The van der Waals surface area contributed by atoms with Crippen molar-refractivity contribution in [3.63, 3.8) is 0 Å². The molecule has 1 N–H and O–H groups in total. The van der Waals surface area contributed by atoms with Gasteiger partial charge in [-0.1, -0.05) is 35.9 Å². The van der Waals surface area contributed by atoms with E-state index in [-0.39, 0.29) is 36.4 Å². The number of likely N-dealkylation sites (tertiary alicyclic amines) is 1. The van der Waals surface area contributed by atoms with E-state index in [1.807, 2.05) is 39.5 Å². The van der Waals surface area contributed by atoms with Crippen molar-refractivity contribution < 1.29 is 23.6 Å². The fraction of sp³-hybridized carbons (Fsp3) is 0.654. The average molecular weight is 560 g/mol. The van der Waals surface area contributed by atoms with Gasteiger partial charge in [0, 0.05) is 35.6 Å². The Balaban J connectivity index is 1.60. The SMILES string of the molecule is C=CCOc1cc(Cl)c(Cl)cc1C(N[S+]([O-])C(C)(C)C)C1CC2CC1CN2C(=O)[C@H]1COC(C)(C)O1. The molecule has 2 heterocycles. The number of nitrogens with zero attached hydrogens (tertiary/aromatic N) is 1. The Kier molecular flexibility index (Phi) is 8.28. The fourth-order valence-corrected chi connectivity index (χ4v) is 6.61. The maximum atomic E-state index is 13.3. The molecule has 6 atom stereocenters. The first-order valence-electron chi connectivity index (χ1n) is 12.3. The molecule has 36 heavy (non-hydrogen) atoms. The average Bonchev–Trinajstić information content (AvgIpc) is 3.50. The van der Waals surface area contributed by atoms with Gasteiger partial charge < -0.3 is 23.7 Å². The molecule has 1 aromatic carbocycles. The molecule has 0 aromatic heterocycles. The normalized spacial score (nSPS) is 28.8. The van der Waals surface area contributed by atoms with Crippen LogP contribution in [0.3, 0.4) is 0 Å². The number of benzene rings is 1. The van der Waals surface area contributed by atoms with E-state index in [2.05, 4.69) is 11.3 Å². The zero-order valence-corrected chi connectivity index (χ0v) is 23.8. The largest absolute Gasteiger partial charge is 0.598 e. The fourth-order valence-electron chi connectivity index (χ4n) is 5.40. The standard InChI is InChI=1S/C26H36Cl2N2O5S/c1-7-8-33-21-12-20(28)19(27)11-18(21)23(29-36(32)25(2,3)4)17-10-16-9-15(17)13-30(16)24(31)22-14-34-26(5,6)35-22/h7,11-12,15-17,22-23,29H,1,8-10,13-14H2,2-6H3/t15?,16?,17?,22-,23?,36?/m1/s1. The molecule has 2 saturated heterocycles. The van der Waals surface area contributed by atoms with Crippen LogP contribution in [0.4, 0.5) is 0 Å². The van der Waals surface area contributed by atoms with Crippen molar-refractivity contribution in [1.29, 1.82) is 0 Å². The van der Waals surface area contributed by atoms with Gasteiger partial charge in [0.15, 0.2) is 11.9 Å². The van der Waals surface area contributed by atoms with E-state index in [1.54, 1.807) is 18.2 Å². The minimum Gasteiger partial charge on any atom is -0.598 e. The van der Waals surface area contributed by atoms with Crippen molar-refractivity contribution in [1.82, 2.24) is 9.62 Å². The second-order valence-corrected chi connectivity index (χ2v) is 14.0. The van der Waals surface area contributed by atoms with Gasteiger partial charge in [0.2, 0.25) is 0 Å². The number of carbonyl (C=O) groups is 1. The number of halogens is 2. The maximum Gasteiger partial charge on any atom is 0.254 e. The highest BCUT2D eigenvalue weighted by Crippen LogP contribution is 2.50. The van der Waals surface area contributed by atoms with E-state index in [0.717, 1.165) is 18.4 Å². The van der Waals surface area contributed by atoms with E-state index >= 15 is 0 Å². The lowest BCUT2D eigenvalue weighted by Gasteiger charge is -2.38. The third-order valence-electron chi connectivity index (χ3n) is 7.13. The first-order valence-corrected chi connectivity index (χ1v) is 14.2. The van der Waals surface area contributed by atoms with E-state index in [9.17, 15) is 9.35 Å². The summed E-state index contributed by atoms with van der Waals surface area (Å²) in [5.41, 5.74) is 0.813. The highest BCUT2D eigenvalue weighted by atomic mass is 35.5. The van der Waals surface area contributed by atoms with Gasteiger partial charge in [0.1, 0.15) is 17.1 Å². The van der Waals surface area contributed by atoms with Gasteiger partial charge in [-0.05, 0) is 65.4 Å². The van der Waals surface area contributed by atoms with Crippen LogP contribution >= 0.6 is 23.2 Å². The van der Waals surface area contributed by atoms with Gasteiger partial charge in [-0.25, -0.2) is 0 Å². The molecule has 200 valence electrons. The monoisotopic (exact) mass is 558 g/mol. The van der Waals surface area contributed by atoms with Crippen LogP contribution in [0.25, 0.3) is 0 Å². The van der Waals surface area contributed by atoms with Gasteiger partial charge >= 0.3 is 0 Å². The molecule has 3 aliphatic rings. The topological polar surface area (TPSA) is 83.1 Å². The zero-order chi connectivity index (χ0) is 26.4. The van der Waals surface area contributed by atoms with Crippen molar-refractivity contribution in [2.75, 3.05) is 19.8 Å². The minimum atomic E-state index is -1.34. The Labute approximate surface area is 227 Å². The van der Waals surface area contributed by atoms with Gasteiger partial charge in [0.05, 0.1) is 22.7 Å². The van der Waals surface area contributed by atoms with Crippen LogP contribution in [-0.4, -0.2) is 57.8 Å². The first kappa shape index (κ1) is 28.0. The second kappa shape index (κ2) is 10.6. The molecule has 0 radical (unpaired) electrons. The molecule has 1 saturated carbocycles.